The van der Waals surface area contributed by atoms with E-state index in [9.17, 15) is 0 Å². The first-order chi connectivity index (χ1) is 8.83. The summed E-state index contributed by atoms with van der Waals surface area (Å²) >= 11 is 0. The van der Waals surface area contributed by atoms with Crippen molar-refractivity contribution < 1.29 is 9.47 Å². The second-order valence-corrected chi connectivity index (χ2v) is 3.67. The minimum Gasteiger partial charge on any atom is -0.385 e. The fraction of sp³-hybridized carbons (Fsp3) is 0.583. The summed E-state index contributed by atoms with van der Waals surface area (Å²) in [5, 5.41) is 9.03. The highest BCUT2D eigenvalue weighted by Crippen LogP contribution is 2.14. The van der Waals surface area contributed by atoms with Crippen molar-refractivity contribution in [1.29, 1.82) is 5.26 Å². The van der Waals surface area contributed by atoms with Crippen molar-refractivity contribution in [3.05, 3.63) is 18.1 Å². The maximum atomic E-state index is 9.03. The fourth-order valence-electron chi connectivity index (χ4n) is 1.57. The van der Waals surface area contributed by atoms with Crippen LogP contribution in [-0.4, -0.2) is 50.5 Å². The molecule has 0 aliphatic carbocycles. The molecule has 1 aromatic rings. The molecule has 0 radical (unpaired) electrons. The lowest BCUT2D eigenvalue weighted by Crippen LogP contribution is -2.30. The Balaban J connectivity index is 2.77. The van der Waals surface area contributed by atoms with Crippen molar-refractivity contribution in [2.45, 2.75) is 6.42 Å². The Morgan fingerprint density at radius 1 is 1.17 bits per heavy atom. The van der Waals surface area contributed by atoms with E-state index in [-0.39, 0.29) is 0 Å². The smallest absolute Gasteiger partial charge is 0.183 e. The topological polar surface area (TPSA) is 71.3 Å². The molecule has 0 saturated heterocycles. The second-order valence-electron chi connectivity index (χ2n) is 3.67. The number of nitriles is 1. The highest BCUT2D eigenvalue weighted by atomic mass is 16.5. The van der Waals surface area contributed by atoms with Gasteiger partial charge in [-0.05, 0) is 6.42 Å². The van der Waals surface area contributed by atoms with Gasteiger partial charge in [0.2, 0.25) is 0 Å². The summed E-state index contributed by atoms with van der Waals surface area (Å²) in [4.78, 5) is 10.2. The van der Waals surface area contributed by atoms with Crippen molar-refractivity contribution in [1.82, 2.24) is 9.97 Å². The van der Waals surface area contributed by atoms with E-state index in [1.54, 1.807) is 20.4 Å². The summed E-state index contributed by atoms with van der Waals surface area (Å²) in [5.74, 6) is 0.605. The van der Waals surface area contributed by atoms with Gasteiger partial charge in [0.05, 0.1) is 6.61 Å². The van der Waals surface area contributed by atoms with Crippen LogP contribution in [-0.2, 0) is 9.47 Å². The molecule has 0 aromatic carbocycles. The fourth-order valence-corrected chi connectivity index (χ4v) is 1.57. The molecular formula is C12H18N4O2. The lowest BCUT2D eigenvalue weighted by atomic mass is 10.3. The van der Waals surface area contributed by atoms with Crippen molar-refractivity contribution in [3.8, 4) is 6.07 Å². The van der Waals surface area contributed by atoms with Gasteiger partial charge in [-0.15, -0.1) is 0 Å². The van der Waals surface area contributed by atoms with Crippen LogP contribution in [0.3, 0.4) is 0 Å². The Morgan fingerprint density at radius 2 is 1.89 bits per heavy atom. The van der Waals surface area contributed by atoms with Gasteiger partial charge >= 0.3 is 0 Å². The number of hydrogen-bond acceptors (Lipinski definition) is 6. The van der Waals surface area contributed by atoms with Gasteiger partial charge in [0.25, 0.3) is 0 Å². The highest BCUT2D eigenvalue weighted by molar-refractivity contribution is 5.49. The summed E-state index contributed by atoms with van der Waals surface area (Å²) in [6.07, 6.45) is 3.97. The molecule has 98 valence electrons. The Labute approximate surface area is 107 Å². The van der Waals surface area contributed by atoms with Gasteiger partial charge < -0.3 is 14.4 Å². The van der Waals surface area contributed by atoms with Crippen molar-refractivity contribution in [2.75, 3.05) is 45.4 Å². The monoisotopic (exact) mass is 250 g/mol. The number of anilines is 1. The summed E-state index contributed by atoms with van der Waals surface area (Å²) in [6.45, 7) is 2.68. The molecule has 6 heteroatoms. The van der Waals surface area contributed by atoms with E-state index in [0.717, 1.165) is 13.0 Å². The molecule has 0 aliphatic rings. The van der Waals surface area contributed by atoms with E-state index in [4.69, 9.17) is 14.7 Å². The lowest BCUT2D eigenvalue weighted by Gasteiger charge is -2.23. The van der Waals surface area contributed by atoms with E-state index in [1.807, 2.05) is 4.90 Å². The Morgan fingerprint density at radius 3 is 2.56 bits per heavy atom. The highest BCUT2D eigenvalue weighted by Gasteiger charge is 2.13. The van der Waals surface area contributed by atoms with E-state index in [0.29, 0.717) is 31.3 Å². The summed E-state index contributed by atoms with van der Waals surface area (Å²) in [7, 11) is 3.32. The predicted molar refractivity (Wildman–Crippen MR) is 67.3 cm³/mol. The number of ether oxygens (including phenoxy) is 2. The van der Waals surface area contributed by atoms with Crippen molar-refractivity contribution >= 4 is 5.82 Å². The molecule has 0 N–H and O–H groups in total. The first-order valence-electron chi connectivity index (χ1n) is 5.77. The van der Waals surface area contributed by atoms with Crippen LogP contribution in [0.25, 0.3) is 0 Å². The quantitative estimate of drug-likeness (QED) is 0.637. The van der Waals surface area contributed by atoms with Crippen molar-refractivity contribution in [3.63, 3.8) is 0 Å². The first-order valence-corrected chi connectivity index (χ1v) is 5.77. The van der Waals surface area contributed by atoms with Crippen LogP contribution in [0.1, 0.15) is 12.1 Å². The zero-order valence-corrected chi connectivity index (χ0v) is 10.8. The van der Waals surface area contributed by atoms with Crippen molar-refractivity contribution in [2.24, 2.45) is 0 Å². The van der Waals surface area contributed by atoms with Crippen LogP contribution in [0, 0.1) is 11.3 Å². The molecule has 0 amide bonds. The molecule has 0 aliphatic heterocycles. The van der Waals surface area contributed by atoms with Gasteiger partial charge in [-0.2, -0.15) is 5.26 Å². The van der Waals surface area contributed by atoms with E-state index in [2.05, 4.69) is 16.0 Å². The maximum Gasteiger partial charge on any atom is 0.183 e. The normalized spacial score (nSPS) is 10.1. The number of methoxy groups -OCH3 is 2. The SMILES string of the molecule is COCCCN(CCOC)c1nccnc1C#N. The van der Waals surface area contributed by atoms with Crippen LogP contribution >= 0.6 is 0 Å². The van der Waals surface area contributed by atoms with E-state index >= 15 is 0 Å². The van der Waals surface area contributed by atoms with Gasteiger partial charge in [0.15, 0.2) is 11.5 Å². The van der Waals surface area contributed by atoms with E-state index in [1.165, 1.54) is 6.20 Å². The van der Waals surface area contributed by atoms with Crippen LogP contribution in [0.2, 0.25) is 0 Å². The predicted octanol–water partition coefficient (Wildman–Crippen LogP) is 0.838. The standard InChI is InChI=1S/C12H18N4O2/c1-17-8-3-6-16(7-9-18-2)12-11(10-13)14-4-5-15-12/h4-5H,3,6-9H2,1-2H3. The second kappa shape index (κ2) is 8.39. The molecule has 0 atom stereocenters. The van der Waals surface area contributed by atoms with Gasteiger partial charge in [-0.1, -0.05) is 0 Å². The number of rotatable bonds is 8. The molecule has 1 aromatic heterocycles. The molecular weight excluding hydrogens is 232 g/mol. The molecule has 1 rings (SSSR count). The largest absolute Gasteiger partial charge is 0.385 e. The minimum absolute atomic E-state index is 0.339. The maximum absolute atomic E-state index is 9.03. The average molecular weight is 250 g/mol. The average Bonchev–Trinajstić information content (AvgIpc) is 2.42. The zero-order chi connectivity index (χ0) is 13.2. The Bertz CT molecular complexity index is 392. The molecule has 0 unspecified atom stereocenters. The molecule has 18 heavy (non-hydrogen) atoms. The Kier molecular flexibility index (Phi) is 6.69. The third-order valence-electron chi connectivity index (χ3n) is 2.43. The van der Waals surface area contributed by atoms with E-state index < -0.39 is 0 Å². The molecule has 0 bridgehead atoms. The minimum atomic E-state index is 0.339. The Hall–Kier alpha value is -1.71. The summed E-state index contributed by atoms with van der Waals surface area (Å²) in [5.41, 5.74) is 0.339. The van der Waals surface area contributed by atoms with Gasteiger partial charge in [-0.25, -0.2) is 9.97 Å². The third kappa shape index (κ3) is 4.28. The summed E-state index contributed by atoms with van der Waals surface area (Å²) in [6, 6.07) is 2.06. The summed E-state index contributed by atoms with van der Waals surface area (Å²) < 4.78 is 10.1. The zero-order valence-electron chi connectivity index (χ0n) is 10.8. The lowest BCUT2D eigenvalue weighted by molar-refractivity contribution is 0.191. The third-order valence-corrected chi connectivity index (χ3v) is 2.43. The van der Waals surface area contributed by atoms with Crippen LogP contribution < -0.4 is 4.90 Å². The van der Waals surface area contributed by atoms with Crippen LogP contribution in [0.4, 0.5) is 5.82 Å². The van der Waals surface area contributed by atoms with Gasteiger partial charge in [0.1, 0.15) is 6.07 Å². The molecule has 0 spiro atoms. The van der Waals surface area contributed by atoms with Crippen LogP contribution in [0.5, 0.6) is 0 Å². The first kappa shape index (κ1) is 14.4. The molecule has 6 nitrogen and oxygen atoms in total. The molecule has 0 fully saturated rings. The number of hydrogen-bond donors (Lipinski definition) is 0. The van der Waals surface area contributed by atoms with Gasteiger partial charge in [0, 0.05) is 46.3 Å². The van der Waals surface area contributed by atoms with Gasteiger partial charge in [-0.3, -0.25) is 0 Å². The number of nitrogens with zero attached hydrogens (tertiary/aromatic N) is 4. The van der Waals surface area contributed by atoms with Crippen LogP contribution in [0.15, 0.2) is 12.4 Å². The number of aromatic nitrogens is 2. The molecule has 0 saturated carbocycles. The molecule has 1 heterocycles.